The number of hydrogen-bond acceptors (Lipinski definition) is 5. The van der Waals surface area contributed by atoms with Crippen LogP contribution in [0.1, 0.15) is 22.9 Å². The van der Waals surface area contributed by atoms with Gasteiger partial charge in [-0.15, -0.1) is 11.3 Å². The molecule has 0 bridgehead atoms. The highest BCUT2D eigenvalue weighted by Crippen LogP contribution is 2.27. The second kappa shape index (κ2) is 8.24. The van der Waals surface area contributed by atoms with Crippen molar-refractivity contribution in [1.29, 1.82) is 0 Å². The van der Waals surface area contributed by atoms with Gasteiger partial charge in [0.25, 0.3) is 0 Å². The number of amides is 1. The van der Waals surface area contributed by atoms with E-state index in [2.05, 4.69) is 27.2 Å². The van der Waals surface area contributed by atoms with Crippen LogP contribution in [0.15, 0.2) is 35.7 Å². The fourth-order valence-electron chi connectivity index (χ4n) is 3.63. The average molecular weight is 409 g/mol. The number of benzene rings is 1. The monoisotopic (exact) mass is 408 g/mol. The lowest BCUT2D eigenvalue weighted by Gasteiger charge is -2.36. The number of halogens is 2. The Labute approximate surface area is 167 Å². The Morgan fingerprint density at radius 2 is 2.04 bits per heavy atom. The van der Waals surface area contributed by atoms with Crippen molar-refractivity contribution in [3.63, 3.8) is 0 Å². The van der Waals surface area contributed by atoms with Crippen molar-refractivity contribution in [2.75, 3.05) is 26.2 Å². The number of piperazine rings is 1. The Bertz CT molecular complexity index is 795. The molecule has 0 saturated carbocycles. The standard InChI is InChI=1S/C19H22ClFN4OS/c20-15-10-14(21)4-3-13(15)12-24-5-7-25(8-6-24)19(26)17-11-16(22-23-17)18-2-1-9-27-18/h1-4,9-10,16-17,22-23H,5-8,11-12H2. The average Bonchev–Trinajstić information content (AvgIpc) is 3.35. The Hall–Kier alpha value is -1.51. The first-order valence-corrected chi connectivity index (χ1v) is 10.4. The fourth-order valence-corrected chi connectivity index (χ4v) is 4.65. The molecule has 2 atom stereocenters. The van der Waals surface area contributed by atoms with E-state index in [0.717, 1.165) is 25.1 Å². The van der Waals surface area contributed by atoms with Gasteiger partial charge >= 0.3 is 0 Å². The van der Waals surface area contributed by atoms with Gasteiger partial charge in [0, 0.05) is 42.6 Å². The van der Waals surface area contributed by atoms with Gasteiger partial charge in [-0.1, -0.05) is 23.7 Å². The molecule has 27 heavy (non-hydrogen) atoms. The summed E-state index contributed by atoms with van der Waals surface area (Å²) in [5, 5.41) is 2.51. The minimum Gasteiger partial charge on any atom is -0.339 e. The van der Waals surface area contributed by atoms with Gasteiger partial charge in [0.1, 0.15) is 11.9 Å². The third-order valence-electron chi connectivity index (χ3n) is 5.18. The molecular formula is C19H22ClFN4OS. The predicted octanol–water partition coefficient (Wildman–Crippen LogP) is 2.79. The maximum Gasteiger partial charge on any atom is 0.241 e. The van der Waals surface area contributed by atoms with E-state index in [1.54, 1.807) is 17.4 Å². The molecule has 2 aliphatic heterocycles. The molecule has 1 amide bonds. The summed E-state index contributed by atoms with van der Waals surface area (Å²) in [6, 6.07) is 8.65. The quantitative estimate of drug-likeness (QED) is 0.816. The molecule has 3 heterocycles. The van der Waals surface area contributed by atoms with Crippen molar-refractivity contribution in [1.82, 2.24) is 20.7 Å². The molecule has 0 spiro atoms. The van der Waals surface area contributed by atoms with Gasteiger partial charge in [0.2, 0.25) is 5.91 Å². The summed E-state index contributed by atoms with van der Waals surface area (Å²) in [5.41, 5.74) is 7.31. The van der Waals surface area contributed by atoms with Gasteiger partial charge in [-0.05, 0) is 35.6 Å². The number of rotatable bonds is 4. The number of hydrogen-bond donors (Lipinski definition) is 2. The van der Waals surface area contributed by atoms with Gasteiger partial charge in [-0.2, -0.15) is 0 Å². The van der Waals surface area contributed by atoms with E-state index in [9.17, 15) is 9.18 Å². The van der Waals surface area contributed by atoms with Crippen LogP contribution in [0, 0.1) is 5.82 Å². The van der Waals surface area contributed by atoms with Gasteiger partial charge < -0.3 is 4.90 Å². The van der Waals surface area contributed by atoms with Crippen LogP contribution in [0.5, 0.6) is 0 Å². The molecule has 1 aromatic carbocycles. The van der Waals surface area contributed by atoms with Crippen molar-refractivity contribution < 1.29 is 9.18 Å². The van der Waals surface area contributed by atoms with E-state index in [-0.39, 0.29) is 23.8 Å². The molecule has 0 aliphatic carbocycles. The first-order chi connectivity index (χ1) is 13.1. The van der Waals surface area contributed by atoms with Crippen LogP contribution in [0.4, 0.5) is 4.39 Å². The third-order valence-corrected chi connectivity index (χ3v) is 6.52. The summed E-state index contributed by atoms with van der Waals surface area (Å²) < 4.78 is 13.2. The molecule has 2 saturated heterocycles. The zero-order valence-corrected chi connectivity index (χ0v) is 16.4. The van der Waals surface area contributed by atoms with Gasteiger partial charge in [-0.3, -0.25) is 9.69 Å². The Balaban J connectivity index is 1.28. The van der Waals surface area contributed by atoms with Gasteiger partial charge in [0.05, 0.1) is 6.04 Å². The summed E-state index contributed by atoms with van der Waals surface area (Å²) in [5.74, 6) is -0.168. The summed E-state index contributed by atoms with van der Waals surface area (Å²) in [6.07, 6.45) is 0.769. The molecule has 5 nitrogen and oxygen atoms in total. The second-order valence-corrected chi connectivity index (χ2v) is 8.37. The van der Waals surface area contributed by atoms with Crippen molar-refractivity contribution in [3.05, 3.63) is 57.0 Å². The molecule has 0 radical (unpaired) electrons. The maximum absolute atomic E-state index is 13.2. The Kier molecular flexibility index (Phi) is 5.75. The van der Waals surface area contributed by atoms with Crippen molar-refractivity contribution in [2.45, 2.75) is 25.0 Å². The number of carbonyl (C=O) groups excluding carboxylic acids is 1. The third kappa shape index (κ3) is 4.33. The molecule has 2 unspecified atom stereocenters. The van der Waals surface area contributed by atoms with Crippen LogP contribution in [0.25, 0.3) is 0 Å². The number of hydrazine groups is 1. The summed E-state index contributed by atoms with van der Waals surface area (Å²) in [6.45, 7) is 3.63. The molecule has 2 aliphatic rings. The molecule has 8 heteroatoms. The maximum atomic E-state index is 13.2. The molecular weight excluding hydrogens is 387 g/mol. The summed E-state index contributed by atoms with van der Waals surface area (Å²) >= 11 is 7.83. The molecule has 2 N–H and O–H groups in total. The normalized spacial score (nSPS) is 23.7. The SMILES string of the molecule is O=C(C1CC(c2cccs2)NN1)N1CCN(Cc2ccc(F)cc2Cl)CC1. The van der Waals surface area contributed by atoms with E-state index in [0.29, 0.717) is 24.7 Å². The first-order valence-electron chi connectivity index (χ1n) is 9.09. The van der Waals surface area contributed by atoms with Gasteiger partial charge in [-0.25, -0.2) is 15.2 Å². The fraction of sp³-hybridized carbons (Fsp3) is 0.421. The molecule has 4 rings (SSSR count). The van der Waals surface area contributed by atoms with Gasteiger partial charge in [0.15, 0.2) is 0 Å². The van der Waals surface area contributed by atoms with Crippen molar-refractivity contribution in [3.8, 4) is 0 Å². The largest absolute Gasteiger partial charge is 0.339 e. The number of thiophene rings is 1. The molecule has 2 fully saturated rings. The van der Waals surface area contributed by atoms with Crippen molar-refractivity contribution in [2.24, 2.45) is 0 Å². The Morgan fingerprint density at radius 3 is 2.74 bits per heavy atom. The number of carbonyl (C=O) groups is 1. The predicted molar refractivity (Wildman–Crippen MR) is 105 cm³/mol. The minimum atomic E-state index is -0.322. The zero-order chi connectivity index (χ0) is 18.8. The number of nitrogens with zero attached hydrogens (tertiary/aromatic N) is 2. The highest BCUT2D eigenvalue weighted by Gasteiger charge is 2.34. The highest BCUT2D eigenvalue weighted by atomic mass is 35.5. The zero-order valence-electron chi connectivity index (χ0n) is 14.8. The smallest absolute Gasteiger partial charge is 0.241 e. The van der Waals surface area contributed by atoms with Crippen LogP contribution in [0.3, 0.4) is 0 Å². The van der Waals surface area contributed by atoms with Crippen LogP contribution in [0.2, 0.25) is 5.02 Å². The van der Waals surface area contributed by atoms with E-state index in [4.69, 9.17) is 11.6 Å². The minimum absolute atomic E-state index is 0.154. The Morgan fingerprint density at radius 1 is 1.22 bits per heavy atom. The number of nitrogens with one attached hydrogen (secondary N) is 2. The lowest BCUT2D eigenvalue weighted by molar-refractivity contribution is -0.135. The van der Waals surface area contributed by atoms with Crippen LogP contribution in [-0.4, -0.2) is 47.9 Å². The summed E-state index contributed by atoms with van der Waals surface area (Å²) in [4.78, 5) is 18.2. The van der Waals surface area contributed by atoms with Crippen LogP contribution >= 0.6 is 22.9 Å². The summed E-state index contributed by atoms with van der Waals surface area (Å²) in [7, 11) is 0. The lowest BCUT2D eigenvalue weighted by Crippen LogP contribution is -2.53. The topological polar surface area (TPSA) is 47.6 Å². The highest BCUT2D eigenvalue weighted by molar-refractivity contribution is 7.10. The van der Waals surface area contributed by atoms with Crippen LogP contribution in [-0.2, 0) is 11.3 Å². The van der Waals surface area contributed by atoms with Crippen molar-refractivity contribution >= 4 is 28.8 Å². The van der Waals surface area contributed by atoms with Crippen LogP contribution < -0.4 is 10.9 Å². The molecule has 144 valence electrons. The lowest BCUT2D eigenvalue weighted by atomic mass is 10.1. The second-order valence-electron chi connectivity index (χ2n) is 6.98. The van der Waals surface area contributed by atoms with E-state index in [1.807, 2.05) is 11.0 Å². The first kappa shape index (κ1) is 18.8. The van der Waals surface area contributed by atoms with E-state index < -0.39 is 0 Å². The van der Waals surface area contributed by atoms with E-state index in [1.165, 1.54) is 17.0 Å². The molecule has 2 aromatic rings. The molecule has 1 aromatic heterocycles. The van der Waals surface area contributed by atoms with E-state index >= 15 is 0 Å².